The maximum absolute atomic E-state index is 9.78. The van der Waals surface area contributed by atoms with E-state index in [-0.39, 0.29) is 12.1 Å². The summed E-state index contributed by atoms with van der Waals surface area (Å²) in [6, 6.07) is 8.61. The molecule has 0 aliphatic carbocycles. The molecular formula is C14H21BrN2O. The van der Waals surface area contributed by atoms with Gasteiger partial charge in [-0.1, -0.05) is 22.0 Å². The van der Waals surface area contributed by atoms with Gasteiger partial charge in [-0.3, -0.25) is 0 Å². The molecule has 0 amide bonds. The van der Waals surface area contributed by atoms with Gasteiger partial charge in [0.05, 0.1) is 12.1 Å². The van der Waals surface area contributed by atoms with E-state index in [0.29, 0.717) is 6.04 Å². The topological polar surface area (TPSA) is 35.5 Å². The van der Waals surface area contributed by atoms with Crippen LogP contribution in [0.4, 0.5) is 5.69 Å². The van der Waals surface area contributed by atoms with E-state index in [1.165, 1.54) is 0 Å². The molecule has 0 spiro atoms. The molecule has 1 aliphatic heterocycles. The smallest absolute Gasteiger partial charge is 0.0662 e. The van der Waals surface area contributed by atoms with Crippen molar-refractivity contribution in [1.82, 2.24) is 4.90 Å². The van der Waals surface area contributed by atoms with Crippen molar-refractivity contribution in [2.24, 2.45) is 0 Å². The zero-order chi connectivity index (χ0) is 13.2. The van der Waals surface area contributed by atoms with Crippen molar-refractivity contribution in [2.75, 3.05) is 25.5 Å². The minimum Gasteiger partial charge on any atom is -0.394 e. The summed E-state index contributed by atoms with van der Waals surface area (Å²) in [6.07, 6.45) is 1.93. The second-order valence-corrected chi connectivity index (χ2v) is 6.27. The number of anilines is 1. The fourth-order valence-electron chi connectivity index (χ4n) is 2.60. The van der Waals surface area contributed by atoms with Gasteiger partial charge in [-0.15, -0.1) is 0 Å². The van der Waals surface area contributed by atoms with Gasteiger partial charge in [-0.2, -0.15) is 0 Å². The summed E-state index contributed by atoms with van der Waals surface area (Å²) in [5.41, 5.74) is 0.877. The Hall–Kier alpha value is -0.580. The molecule has 18 heavy (non-hydrogen) atoms. The van der Waals surface area contributed by atoms with Gasteiger partial charge >= 0.3 is 0 Å². The van der Waals surface area contributed by atoms with Crippen molar-refractivity contribution >= 4 is 21.6 Å². The Balaban J connectivity index is 2.13. The summed E-state index contributed by atoms with van der Waals surface area (Å²) in [4.78, 5) is 2.34. The minimum atomic E-state index is -0.188. The average Bonchev–Trinajstić information content (AvgIpc) is 2.34. The molecule has 0 saturated carbocycles. The molecule has 1 fully saturated rings. The van der Waals surface area contributed by atoms with Crippen LogP contribution in [0.15, 0.2) is 28.7 Å². The lowest BCUT2D eigenvalue weighted by Gasteiger charge is -2.44. The van der Waals surface area contributed by atoms with E-state index in [2.05, 4.69) is 46.2 Å². The van der Waals surface area contributed by atoms with E-state index in [9.17, 15) is 5.11 Å². The van der Waals surface area contributed by atoms with Crippen LogP contribution in [0.1, 0.15) is 19.8 Å². The molecule has 1 aromatic carbocycles. The molecule has 4 heteroatoms. The summed E-state index contributed by atoms with van der Waals surface area (Å²) in [5, 5.41) is 13.3. The monoisotopic (exact) mass is 312 g/mol. The third kappa shape index (κ3) is 3.05. The highest BCUT2D eigenvalue weighted by molar-refractivity contribution is 9.10. The summed E-state index contributed by atoms with van der Waals surface area (Å²) in [5.74, 6) is 0. The molecule has 2 unspecified atom stereocenters. The molecule has 1 heterocycles. The maximum Gasteiger partial charge on any atom is 0.0662 e. The number of aliphatic hydroxyl groups is 1. The molecule has 0 bridgehead atoms. The lowest BCUT2D eigenvalue weighted by atomic mass is 9.84. The molecule has 1 saturated heterocycles. The number of nitrogens with zero attached hydrogens (tertiary/aromatic N) is 1. The summed E-state index contributed by atoms with van der Waals surface area (Å²) in [7, 11) is 2.14. The number of halogens is 1. The van der Waals surface area contributed by atoms with E-state index >= 15 is 0 Å². The normalized spacial score (nSPS) is 29.2. The van der Waals surface area contributed by atoms with Gasteiger partial charge in [0.25, 0.3) is 0 Å². The van der Waals surface area contributed by atoms with Gasteiger partial charge in [0, 0.05) is 22.7 Å². The van der Waals surface area contributed by atoms with Crippen LogP contribution in [0.2, 0.25) is 0 Å². The van der Waals surface area contributed by atoms with Crippen LogP contribution in [-0.4, -0.2) is 41.8 Å². The van der Waals surface area contributed by atoms with Crippen LogP contribution in [0.5, 0.6) is 0 Å². The second kappa shape index (κ2) is 5.59. The van der Waals surface area contributed by atoms with Gasteiger partial charge < -0.3 is 15.3 Å². The predicted molar refractivity (Wildman–Crippen MR) is 78.9 cm³/mol. The average molecular weight is 313 g/mol. The lowest BCUT2D eigenvalue weighted by Crippen LogP contribution is -2.54. The van der Waals surface area contributed by atoms with Gasteiger partial charge in [0.2, 0.25) is 0 Å². The fourth-order valence-corrected chi connectivity index (χ4v) is 3.00. The standard InChI is InChI=1S/C14H21BrN2O/c1-11-9-14(10-18,6-7-17(11)2)16-13-5-3-4-12(15)8-13/h3-5,8,11,16,18H,6-7,9-10H2,1-2H3. The Morgan fingerprint density at radius 3 is 2.94 bits per heavy atom. The predicted octanol–water partition coefficient (Wildman–Crippen LogP) is 2.71. The van der Waals surface area contributed by atoms with Gasteiger partial charge in [-0.25, -0.2) is 0 Å². The third-order valence-corrected chi connectivity index (χ3v) is 4.41. The molecule has 0 radical (unpaired) electrons. The van der Waals surface area contributed by atoms with Crippen molar-refractivity contribution < 1.29 is 5.11 Å². The van der Waals surface area contributed by atoms with Crippen LogP contribution in [0, 0.1) is 0 Å². The first-order valence-corrected chi connectivity index (χ1v) is 7.19. The number of nitrogens with one attached hydrogen (secondary N) is 1. The molecule has 2 rings (SSSR count). The van der Waals surface area contributed by atoms with Gasteiger partial charge in [0.1, 0.15) is 0 Å². The van der Waals surface area contributed by atoms with Crippen LogP contribution in [-0.2, 0) is 0 Å². The van der Waals surface area contributed by atoms with Gasteiger partial charge in [0.15, 0.2) is 0 Å². The fraction of sp³-hybridized carbons (Fsp3) is 0.571. The van der Waals surface area contributed by atoms with E-state index in [0.717, 1.165) is 29.5 Å². The highest BCUT2D eigenvalue weighted by Crippen LogP contribution is 2.30. The Morgan fingerprint density at radius 2 is 2.33 bits per heavy atom. The van der Waals surface area contributed by atoms with Crippen molar-refractivity contribution in [2.45, 2.75) is 31.3 Å². The number of hydrogen-bond donors (Lipinski definition) is 2. The zero-order valence-electron chi connectivity index (χ0n) is 11.0. The van der Waals surface area contributed by atoms with E-state index < -0.39 is 0 Å². The molecule has 0 aromatic heterocycles. The molecule has 1 aromatic rings. The third-order valence-electron chi connectivity index (χ3n) is 3.92. The SMILES string of the molecule is CC1CC(CO)(Nc2cccc(Br)c2)CCN1C. The Morgan fingerprint density at radius 1 is 1.56 bits per heavy atom. The molecule has 3 nitrogen and oxygen atoms in total. The van der Waals surface area contributed by atoms with E-state index in [4.69, 9.17) is 0 Å². The van der Waals surface area contributed by atoms with Crippen molar-refractivity contribution in [3.8, 4) is 0 Å². The first-order valence-electron chi connectivity index (χ1n) is 6.39. The van der Waals surface area contributed by atoms with Gasteiger partial charge in [-0.05, 0) is 45.0 Å². The number of piperidine rings is 1. The van der Waals surface area contributed by atoms with Crippen molar-refractivity contribution in [3.05, 3.63) is 28.7 Å². The molecular weight excluding hydrogens is 292 g/mol. The highest BCUT2D eigenvalue weighted by Gasteiger charge is 2.36. The van der Waals surface area contributed by atoms with Crippen LogP contribution in [0.25, 0.3) is 0 Å². The summed E-state index contributed by atoms with van der Waals surface area (Å²) in [6.45, 7) is 3.41. The number of aliphatic hydroxyl groups excluding tert-OH is 1. The number of benzene rings is 1. The minimum absolute atomic E-state index is 0.178. The van der Waals surface area contributed by atoms with Crippen LogP contribution < -0.4 is 5.32 Å². The quantitative estimate of drug-likeness (QED) is 0.901. The Bertz CT molecular complexity index is 413. The maximum atomic E-state index is 9.78. The van der Waals surface area contributed by atoms with E-state index in [1.807, 2.05) is 18.2 Å². The highest BCUT2D eigenvalue weighted by atomic mass is 79.9. The zero-order valence-corrected chi connectivity index (χ0v) is 12.6. The molecule has 2 N–H and O–H groups in total. The molecule has 1 aliphatic rings. The second-order valence-electron chi connectivity index (χ2n) is 5.36. The number of hydrogen-bond acceptors (Lipinski definition) is 3. The molecule has 2 atom stereocenters. The summed E-state index contributed by atoms with van der Waals surface area (Å²) < 4.78 is 1.06. The first kappa shape index (κ1) is 13.8. The number of rotatable bonds is 3. The largest absolute Gasteiger partial charge is 0.394 e. The summed E-state index contributed by atoms with van der Waals surface area (Å²) >= 11 is 3.48. The van der Waals surface area contributed by atoms with Crippen molar-refractivity contribution in [3.63, 3.8) is 0 Å². The Kier molecular flexibility index (Phi) is 4.30. The first-order chi connectivity index (χ1) is 8.54. The lowest BCUT2D eigenvalue weighted by molar-refractivity contribution is 0.0969. The Labute approximate surface area is 117 Å². The molecule has 100 valence electrons. The van der Waals surface area contributed by atoms with E-state index in [1.54, 1.807) is 0 Å². The number of likely N-dealkylation sites (tertiary alicyclic amines) is 1. The van der Waals surface area contributed by atoms with Crippen molar-refractivity contribution in [1.29, 1.82) is 0 Å². The van der Waals surface area contributed by atoms with Crippen LogP contribution in [0.3, 0.4) is 0 Å². The van der Waals surface area contributed by atoms with Crippen LogP contribution >= 0.6 is 15.9 Å².